The van der Waals surface area contributed by atoms with Crippen molar-refractivity contribution in [1.82, 2.24) is 25.4 Å². The molecule has 0 bridgehead atoms. The Morgan fingerprint density at radius 3 is 2.63 bits per heavy atom. The van der Waals surface area contributed by atoms with E-state index < -0.39 is 0 Å². The van der Waals surface area contributed by atoms with Gasteiger partial charge in [-0.25, -0.2) is 4.99 Å². The number of rotatable bonds is 9. The van der Waals surface area contributed by atoms with Crippen molar-refractivity contribution in [2.75, 3.05) is 19.8 Å². The Morgan fingerprint density at radius 1 is 1.19 bits per heavy atom. The first-order chi connectivity index (χ1) is 12.6. The van der Waals surface area contributed by atoms with E-state index in [2.05, 4.69) is 39.9 Å². The average Bonchev–Trinajstić information content (AvgIpc) is 2.96. The number of aliphatic imine (C=N–C) groups is 1. The second-order valence-corrected chi connectivity index (χ2v) is 6.14. The highest BCUT2D eigenvalue weighted by Gasteiger charge is 2.06. The molecule has 0 spiro atoms. The van der Waals surface area contributed by atoms with Gasteiger partial charge in [-0.2, -0.15) is 0 Å². The van der Waals surface area contributed by atoms with Gasteiger partial charge in [-0.15, -0.1) is 34.2 Å². The molecule has 8 heteroatoms. The zero-order valence-electron chi connectivity index (χ0n) is 16.7. The maximum atomic E-state index is 5.39. The largest absolute Gasteiger partial charge is 0.382 e. The Balaban J connectivity index is 0.00000364. The number of hydrogen-bond acceptors (Lipinski definition) is 4. The SMILES string of the molecule is CCOCCCNC(=NCc1ccccc1C)NCc1nnc(C)n1C.I. The van der Waals surface area contributed by atoms with Crippen LogP contribution in [0.15, 0.2) is 29.3 Å². The maximum Gasteiger partial charge on any atom is 0.191 e. The van der Waals surface area contributed by atoms with E-state index in [1.165, 1.54) is 11.1 Å². The first-order valence-electron chi connectivity index (χ1n) is 9.11. The van der Waals surface area contributed by atoms with Crippen LogP contribution in [0.4, 0.5) is 0 Å². The molecule has 0 saturated carbocycles. The molecular formula is C19H31IN6O. The molecule has 150 valence electrons. The molecule has 0 saturated heterocycles. The summed E-state index contributed by atoms with van der Waals surface area (Å²) in [6.45, 7) is 9.55. The van der Waals surface area contributed by atoms with Gasteiger partial charge in [0.2, 0.25) is 0 Å². The van der Waals surface area contributed by atoms with Crippen LogP contribution in [0.5, 0.6) is 0 Å². The predicted octanol–water partition coefficient (Wildman–Crippen LogP) is 2.71. The van der Waals surface area contributed by atoms with Crippen LogP contribution in [0.3, 0.4) is 0 Å². The highest BCUT2D eigenvalue weighted by molar-refractivity contribution is 14.0. The number of halogens is 1. The van der Waals surface area contributed by atoms with Gasteiger partial charge >= 0.3 is 0 Å². The van der Waals surface area contributed by atoms with E-state index in [1.54, 1.807) is 0 Å². The van der Waals surface area contributed by atoms with E-state index in [-0.39, 0.29) is 24.0 Å². The van der Waals surface area contributed by atoms with Gasteiger partial charge in [-0.3, -0.25) is 0 Å². The third-order valence-corrected chi connectivity index (χ3v) is 4.23. The van der Waals surface area contributed by atoms with Crippen molar-refractivity contribution in [1.29, 1.82) is 0 Å². The van der Waals surface area contributed by atoms with E-state index in [9.17, 15) is 0 Å². The van der Waals surface area contributed by atoms with Gasteiger partial charge in [0.25, 0.3) is 0 Å². The number of guanidine groups is 1. The molecule has 7 nitrogen and oxygen atoms in total. The molecule has 1 aromatic carbocycles. The number of benzene rings is 1. The van der Waals surface area contributed by atoms with E-state index >= 15 is 0 Å². The molecule has 0 atom stereocenters. The third kappa shape index (κ3) is 7.84. The van der Waals surface area contributed by atoms with Crippen molar-refractivity contribution < 1.29 is 4.74 Å². The maximum absolute atomic E-state index is 5.39. The molecule has 0 aliphatic heterocycles. The Kier molecular flexibility index (Phi) is 11.0. The molecule has 0 fully saturated rings. The van der Waals surface area contributed by atoms with Crippen LogP contribution < -0.4 is 10.6 Å². The Hall–Kier alpha value is -1.68. The first-order valence-corrected chi connectivity index (χ1v) is 9.11. The summed E-state index contributed by atoms with van der Waals surface area (Å²) in [4.78, 5) is 4.72. The highest BCUT2D eigenvalue weighted by atomic mass is 127. The summed E-state index contributed by atoms with van der Waals surface area (Å²) in [6, 6.07) is 8.31. The topological polar surface area (TPSA) is 76.4 Å². The highest BCUT2D eigenvalue weighted by Crippen LogP contribution is 2.08. The monoisotopic (exact) mass is 486 g/mol. The number of hydrogen-bond donors (Lipinski definition) is 2. The third-order valence-electron chi connectivity index (χ3n) is 4.23. The Morgan fingerprint density at radius 2 is 1.96 bits per heavy atom. The zero-order chi connectivity index (χ0) is 18.8. The summed E-state index contributed by atoms with van der Waals surface area (Å²) in [5.74, 6) is 2.54. The molecule has 2 aromatic rings. The molecule has 2 rings (SSSR count). The number of nitrogens with zero attached hydrogens (tertiary/aromatic N) is 4. The van der Waals surface area contributed by atoms with Crippen LogP contribution in [0.25, 0.3) is 0 Å². The summed E-state index contributed by atoms with van der Waals surface area (Å²) in [7, 11) is 1.96. The summed E-state index contributed by atoms with van der Waals surface area (Å²) < 4.78 is 7.36. The van der Waals surface area contributed by atoms with Gasteiger partial charge in [-0.1, -0.05) is 24.3 Å². The predicted molar refractivity (Wildman–Crippen MR) is 119 cm³/mol. The van der Waals surface area contributed by atoms with Crippen molar-refractivity contribution >= 4 is 29.9 Å². The second-order valence-electron chi connectivity index (χ2n) is 6.14. The minimum atomic E-state index is 0. The zero-order valence-corrected chi connectivity index (χ0v) is 19.0. The number of ether oxygens (including phenoxy) is 1. The molecule has 1 aromatic heterocycles. The fourth-order valence-corrected chi connectivity index (χ4v) is 2.42. The van der Waals surface area contributed by atoms with Crippen LogP contribution in [0, 0.1) is 13.8 Å². The van der Waals surface area contributed by atoms with Crippen LogP contribution in [-0.2, 0) is 24.9 Å². The van der Waals surface area contributed by atoms with Crippen molar-refractivity contribution in [2.24, 2.45) is 12.0 Å². The van der Waals surface area contributed by atoms with Crippen molar-refractivity contribution in [3.63, 3.8) is 0 Å². The summed E-state index contributed by atoms with van der Waals surface area (Å²) in [5, 5.41) is 15.0. The molecule has 0 amide bonds. The van der Waals surface area contributed by atoms with Gasteiger partial charge in [0.1, 0.15) is 5.82 Å². The lowest BCUT2D eigenvalue weighted by Crippen LogP contribution is -2.38. The van der Waals surface area contributed by atoms with Crippen LogP contribution in [-0.4, -0.2) is 40.5 Å². The Labute approximate surface area is 179 Å². The minimum absolute atomic E-state index is 0. The molecule has 2 N–H and O–H groups in total. The lowest BCUT2D eigenvalue weighted by Gasteiger charge is -2.13. The first kappa shape index (κ1) is 23.4. The van der Waals surface area contributed by atoms with E-state index in [4.69, 9.17) is 9.73 Å². The van der Waals surface area contributed by atoms with Gasteiger partial charge in [0.05, 0.1) is 13.1 Å². The van der Waals surface area contributed by atoms with Crippen LogP contribution in [0.1, 0.15) is 36.1 Å². The Bertz CT molecular complexity index is 716. The second kappa shape index (κ2) is 12.7. The summed E-state index contributed by atoms with van der Waals surface area (Å²) >= 11 is 0. The standard InChI is InChI=1S/C19H30N6O.HI/c1-5-26-12-8-11-20-19(21-13-17-10-7-6-9-15(17)2)22-14-18-24-23-16(3)25(18)4;/h6-7,9-10H,5,8,11-14H2,1-4H3,(H2,20,21,22);1H. The van der Waals surface area contributed by atoms with Gasteiger partial charge in [0.15, 0.2) is 11.8 Å². The van der Waals surface area contributed by atoms with E-state index in [0.29, 0.717) is 13.1 Å². The average molecular weight is 486 g/mol. The normalized spacial score (nSPS) is 11.2. The smallest absolute Gasteiger partial charge is 0.191 e. The van der Waals surface area contributed by atoms with Crippen LogP contribution in [0.2, 0.25) is 0 Å². The van der Waals surface area contributed by atoms with E-state index in [0.717, 1.165) is 43.8 Å². The molecule has 0 aliphatic rings. The molecule has 0 unspecified atom stereocenters. The fourth-order valence-electron chi connectivity index (χ4n) is 2.42. The lowest BCUT2D eigenvalue weighted by molar-refractivity contribution is 0.145. The molecular weight excluding hydrogens is 455 g/mol. The van der Waals surface area contributed by atoms with Gasteiger partial charge in [-0.05, 0) is 38.3 Å². The summed E-state index contributed by atoms with van der Waals surface area (Å²) in [6.07, 6.45) is 0.933. The number of aromatic nitrogens is 3. The quantitative estimate of drug-likeness (QED) is 0.247. The van der Waals surface area contributed by atoms with Crippen molar-refractivity contribution in [3.05, 3.63) is 47.0 Å². The van der Waals surface area contributed by atoms with Gasteiger partial charge in [0, 0.05) is 26.8 Å². The minimum Gasteiger partial charge on any atom is -0.382 e. The van der Waals surface area contributed by atoms with Crippen LogP contribution >= 0.6 is 24.0 Å². The molecule has 1 heterocycles. The number of nitrogens with one attached hydrogen (secondary N) is 2. The van der Waals surface area contributed by atoms with Crippen molar-refractivity contribution in [3.8, 4) is 0 Å². The number of aryl methyl sites for hydroxylation is 2. The van der Waals surface area contributed by atoms with Crippen molar-refractivity contribution in [2.45, 2.75) is 40.3 Å². The van der Waals surface area contributed by atoms with E-state index in [1.807, 2.05) is 37.6 Å². The molecule has 0 aliphatic carbocycles. The molecule has 0 radical (unpaired) electrons. The summed E-state index contributed by atoms with van der Waals surface area (Å²) in [5.41, 5.74) is 2.47. The molecule has 27 heavy (non-hydrogen) atoms. The fraction of sp³-hybridized carbons (Fsp3) is 0.526. The lowest BCUT2D eigenvalue weighted by atomic mass is 10.1. The van der Waals surface area contributed by atoms with Gasteiger partial charge < -0.3 is 19.9 Å².